The van der Waals surface area contributed by atoms with E-state index in [1.54, 1.807) is 11.8 Å². The predicted molar refractivity (Wildman–Crippen MR) is 82.2 cm³/mol. The SMILES string of the molecule is Cc1cc(C)cc(CSc2ncc(Br)cc2C)c1. The zero-order valence-electron chi connectivity index (χ0n) is 10.8. The lowest BCUT2D eigenvalue weighted by atomic mass is 10.1. The first kappa shape index (κ1) is 13.6. The van der Waals surface area contributed by atoms with Crippen LogP contribution in [0, 0.1) is 20.8 Å². The van der Waals surface area contributed by atoms with Crippen LogP contribution in [0.4, 0.5) is 0 Å². The molecule has 0 unspecified atom stereocenters. The van der Waals surface area contributed by atoms with Gasteiger partial charge < -0.3 is 0 Å². The Labute approximate surface area is 121 Å². The highest BCUT2D eigenvalue weighted by atomic mass is 79.9. The second-order valence-corrected chi connectivity index (χ2v) is 6.44. The van der Waals surface area contributed by atoms with E-state index in [9.17, 15) is 0 Å². The van der Waals surface area contributed by atoms with Crippen molar-refractivity contribution in [3.05, 3.63) is 57.2 Å². The summed E-state index contributed by atoms with van der Waals surface area (Å²) in [6.07, 6.45) is 1.86. The molecule has 0 saturated heterocycles. The average molecular weight is 322 g/mol. The van der Waals surface area contributed by atoms with Crippen molar-refractivity contribution >= 4 is 27.7 Å². The molecule has 0 saturated carbocycles. The van der Waals surface area contributed by atoms with Gasteiger partial charge in [0.05, 0.1) is 5.03 Å². The topological polar surface area (TPSA) is 12.9 Å². The number of thioether (sulfide) groups is 1. The maximum absolute atomic E-state index is 4.45. The second-order valence-electron chi connectivity index (χ2n) is 4.56. The number of aromatic nitrogens is 1. The minimum Gasteiger partial charge on any atom is -0.248 e. The molecule has 0 atom stereocenters. The summed E-state index contributed by atoms with van der Waals surface area (Å²) in [5, 5.41) is 1.11. The van der Waals surface area contributed by atoms with Gasteiger partial charge in [0, 0.05) is 16.4 Å². The van der Waals surface area contributed by atoms with E-state index < -0.39 is 0 Å². The van der Waals surface area contributed by atoms with Gasteiger partial charge in [0.1, 0.15) is 0 Å². The van der Waals surface area contributed by atoms with E-state index in [4.69, 9.17) is 0 Å². The third kappa shape index (κ3) is 3.59. The summed E-state index contributed by atoms with van der Waals surface area (Å²) < 4.78 is 1.04. The molecule has 0 fully saturated rings. The number of halogens is 1. The highest BCUT2D eigenvalue weighted by Crippen LogP contribution is 2.26. The Hall–Kier alpha value is -0.800. The summed E-state index contributed by atoms with van der Waals surface area (Å²) >= 11 is 5.23. The molecule has 1 aromatic heterocycles. The zero-order chi connectivity index (χ0) is 13.1. The second kappa shape index (κ2) is 5.89. The van der Waals surface area contributed by atoms with Crippen LogP contribution in [0.2, 0.25) is 0 Å². The average Bonchev–Trinajstić information content (AvgIpc) is 2.26. The van der Waals surface area contributed by atoms with Crippen LogP contribution in [0.5, 0.6) is 0 Å². The summed E-state index contributed by atoms with van der Waals surface area (Å²) in [7, 11) is 0. The molecule has 3 heteroatoms. The number of benzene rings is 1. The monoisotopic (exact) mass is 321 g/mol. The van der Waals surface area contributed by atoms with Gasteiger partial charge in [0.2, 0.25) is 0 Å². The van der Waals surface area contributed by atoms with E-state index in [0.29, 0.717) is 0 Å². The highest BCUT2D eigenvalue weighted by molar-refractivity contribution is 9.10. The molecule has 1 heterocycles. The van der Waals surface area contributed by atoms with Crippen molar-refractivity contribution in [2.75, 3.05) is 0 Å². The van der Waals surface area contributed by atoms with Gasteiger partial charge in [0.25, 0.3) is 0 Å². The first-order valence-corrected chi connectivity index (χ1v) is 7.64. The Morgan fingerprint density at radius 3 is 2.33 bits per heavy atom. The van der Waals surface area contributed by atoms with Crippen LogP contribution in [-0.2, 0) is 5.75 Å². The largest absolute Gasteiger partial charge is 0.248 e. The smallest absolute Gasteiger partial charge is 0.0993 e. The van der Waals surface area contributed by atoms with Gasteiger partial charge in [-0.1, -0.05) is 29.3 Å². The van der Waals surface area contributed by atoms with Gasteiger partial charge in [-0.15, -0.1) is 11.8 Å². The summed E-state index contributed by atoms with van der Waals surface area (Å²) in [5.74, 6) is 0.970. The maximum atomic E-state index is 4.45. The van der Waals surface area contributed by atoms with E-state index >= 15 is 0 Å². The van der Waals surface area contributed by atoms with Gasteiger partial charge >= 0.3 is 0 Å². The molecule has 0 spiro atoms. The van der Waals surface area contributed by atoms with Gasteiger partial charge in [-0.25, -0.2) is 4.98 Å². The Morgan fingerprint density at radius 2 is 1.72 bits per heavy atom. The fourth-order valence-electron chi connectivity index (χ4n) is 1.98. The van der Waals surface area contributed by atoms with Gasteiger partial charge in [-0.3, -0.25) is 0 Å². The third-order valence-electron chi connectivity index (χ3n) is 2.65. The molecule has 18 heavy (non-hydrogen) atoms. The molecule has 0 bridgehead atoms. The van der Waals surface area contributed by atoms with Gasteiger partial charge in [0.15, 0.2) is 0 Å². The van der Waals surface area contributed by atoms with E-state index in [1.807, 2.05) is 6.20 Å². The Balaban J connectivity index is 2.11. The molecule has 0 aliphatic heterocycles. The first-order chi connectivity index (χ1) is 8.54. The fraction of sp³-hybridized carbons (Fsp3) is 0.267. The number of rotatable bonds is 3. The van der Waals surface area contributed by atoms with Crippen LogP contribution < -0.4 is 0 Å². The number of aryl methyl sites for hydroxylation is 3. The summed E-state index contributed by atoms with van der Waals surface area (Å²) in [6, 6.07) is 8.80. The van der Waals surface area contributed by atoms with Crippen molar-refractivity contribution in [1.29, 1.82) is 0 Å². The normalized spacial score (nSPS) is 10.7. The lowest BCUT2D eigenvalue weighted by Crippen LogP contribution is -1.89. The van der Waals surface area contributed by atoms with Crippen LogP contribution in [0.25, 0.3) is 0 Å². The maximum Gasteiger partial charge on any atom is 0.0993 e. The minimum atomic E-state index is 0.970. The van der Waals surface area contributed by atoms with Crippen molar-refractivity contribution in [3.63, 3.8) is 0 Å². The molecule has 2 aromatic rings. The Bertz CT molecular complexity index is 546. The van der Waals surface area contributed by atoms with Crippen molar-refractivity contribution in [2.45, 2.75) is 31.6 Å². The van der Waals surface area contributed by atoms with E-state index in [2.05, 4.69) is 66.0 Å². The van der Waals surface area contributed by atoms with Gasteiger partial charge in [-0.05, 0) is 53.9 Å². The van der Waals surface area contributed by atoms with Crippen LogP contribution in [0.15, 0.2) is 40.0 Å². The standard InChI is InChI=1S/C15H16BrNS/c1-10-4-11(2)6-13(5-10)9-18-15-12(3)7-14(16)8-17-15/h4-8H,9H2,1-3H3. The molecule has 0 radical (unpaired) electrons. The number of hydrogen-bond acceptors (Lipinski definition) is 2. The summed E-state index contributed by atoms with van der Waals surface area (Å²) in [6.45, 7) is 6.39. The number of pyridine rings is 1. The molecule has 0 amide bonds. The lowest BCUT2D eigenvalue weighted by molar-refractivity contribution is 1.07. The molecular formula is C15H16BrNS. The van der Waals surface area contributed by atoms with Crippen LogP contribution in [-0.4, -0.2) is 4.98 Å². The third-order valence-corrected chi connectivity index (χ3v) is 4.27. The Morgan fingerprint density at radius 1 is 1.06 bits per heavy atom. The van der Waals surface area contributed by atoms with Crippen LogP contribution in [0.3, 0.4) is 0 Å². The van der Waals surface area contributed by atoms with E-state index in [-0.39, 0.29) is 0 Å². The molecule has 0 aliphatic rings. The van der Waals surface area contributed by atoms with Gasteiger partial charge in [-0.2, -0.15) is 0 Å². The van der Waals surface area contributed by atoms with Crippen molar-refractivity contribution in [1.82, 2.24) is 4.98 Å². The Kier molecular flexibility index (Phi) is 4.46. The van der Waals surface area contributed by atoms with Crippen LogP contribution >= 0.6 is 27.7 Å². The number of nitrogens with zero attached hydrogens (tertiary/aromatic N) is 1. The first-order valence-electron chi connectivity index (χ1n) is 5.87. The molecule has 1 nitrogen and oxygen atoms in total. The predicted octanol–water partition coefficient (Wildman–Crippen LogP) is 5.06. The quantitative estimate of drug-likeness (QED) is 0.733. The number of hydrogen-bond donors (Lipinski definition) is 0. The molecule has 94 valence electrons. The summed E-state index contributed by atoms with van der Waals surface area (Å²) in [5.41, 5.74) is 5.23. The van der Waals surface area contributed by atoms with Crippen molar-refractivity contribution < 1.29 is 0 Å². The van der Waals surface area contributed by atoms with E-state index in [0.717, 1.165) is 15.3 Å². The fourth-order valence-corrected chi connectivity index (χ4v) is 3.31. The van der Waals surface area contributed by atoms with Crippen molar-refractivity contribution in [2.24, 2.45) is 0 Å². The molecular weight excluding hydrogens is 306 g/mol. The summed E-state index contributed by atoms with van der Waals surface area (Å²) in [4.78, 5) is 4.45. The van der Waals surface area contributed by atoms with E-state index in [1.165, 1.54) is 22.3 Å². The molecule has 0 N–H and O–H groups in total. The minimum absolute atomic E-state index is 0.970. The lowest BCUT2D eigenvalue weighted by Gasteiger charge is -2.07. The van der Waals surface area contributed by atoms with Crippen molar-refractivity contribution in [3.8, 4) is 0 Å². The molecule has 1 aromatic carbocycles. The molecule has 0 aliphatic carbocycles. The van der Waals surface area contributed by atoms with Crippen LogP contribution in [0.1, 0.15) is 22.3 Å². The zero-order valence-corrected chi connectivity index (χ0v) is 13.2. The highest BCUT2D eigenvalue weighted by Gasteiger charge is 2.03. The molecule has 2 rings (SSSR count).